The van der Waals surface area contributed by atoms with Gasteiger partial charge < -0.3 is 25.4 Å². The van der Waals surface area contributed by atoms with Crippen molar-refractivity contribution >= 4 is 23.9 Å². The van der Waals surface area contributed by atoms with E-state index in [1.165, 1.54) is 13.8 Å². The SMILES string of the molecule is COC(=O)C(CC1CCNC1=O)NC(=O)C(CC(C)(C)F)NC(=O)OC(C)(C)C. The summed E-state index contributed by atoms with van der Waals surface area (Å²) in [5, 5.41) is 7.49. The lowest BCUT2D eigenvalue weighted by molar-refractivity contribution is -0.146. The lowest BCUT2D eigenvalue weighted by atomic mass is 9.96. The molecule has 0 saturated carbocycles. The lowest BCUT2D eigenvalue weighted by Crippen LogP contribution is -2.54. The molecular weight excluding hydrogens is 385 g/mol. The maximum Gasteiger partial charge on any atom is 0.408 e. The van der Waals surface area contributed by atoms with Gasteiger partial charge in [-0.15, -0.1) is 0 Å². The zero-order valence-electron chi connectivity index (χ0n) is 17.9. The molecule has 29 heavy (non-hydrogen) atoms. The van der Waals surface area contributed by atoms with Crippen molar-refractivity contribution in [2.45, 2.75) is 77.2 Å². The summed E-state index contributed by atoms with van der Waals surface area (Å²) in [6.45, 7) is 7.99. The highest BCUT2D eigenvalue weighted by atomic mass is 19.1. The first-order chi connectivity index (χ1) is 13.2. The largest absolute Gasteiger partial charge is 0.467 e. The van der Waals surface area contributed by atoms with E-state index in [0.29, 0.717) is 13.0 Å². The van der Waals surface area contributed by atoms with Crippen LogP contribution in [-0.4, -0.2) is 60.9 Å². The summed E-state index contributed by atoms with van der Waals surface area (Å²) >= 11 is 0. The Labute approximate surface area is 170 Å². The number of esters is 1. The van der Waals surface area contributed by atoms with E-state index in [4.69, 9.17) is 9.47 Å². The van der Waals surface area contributed by atoms with E-state index >= 15 is 0 Å². The minimum atomic E-state index is -1.77. The Morgan fingerprint density at radius 1 is 1.17 bits per heavy atom. The number of hydrogen-bond donors (Lipinski definition) is 3. The van der Waals surface area contributed by atoms with Gasteiger partial charge in [-0.25, -0.2) is 14.0 Å². The average molecular weight is 417 g/mol. The highest BCUT2D eigenvalue weighted by Gasteiger charge is 2.36. The molecule has 0 aliphatic carbocycles. The van der Waals surface area contributed by atoms with Crippen LogP contribution in [0.4, 0.5) is 9.18 Å². The normalized spacial score (nSPS) is 19.0. The van der Waals surface area contributed by atoms with Crippen molar-refractivity contribution in [1.29, 1.82) is 0 Å². The Hall–Kier alpha value is -2.39. The molecule has 3 atom stereocenters. The molecule has 0 spiro atoms. The van der Waals surface area contributed by atoms with Crippen LogP contribution in [0.25, 0.3) is 0 Å². The highest BCUT2D eigenvalue weighted by molar-refractivity contribution is 5.90. The third kappa shape index (κ3) is 9.10. The Kier molecular flexibility index (Phi) is 8.40. The summed E-state index contributed by atoms with van der Waals surface area (Å²) in [6.07, 6.45) is -0.649. The fraction of sp³-hybridized carbons (Fsp3) is 0.789. The van der Waals surface area contributed by atoms with E-state index in [0.717, 1.165) is 7.11 Å². The van der Waals surface area contributed by atoms with Crippen LogP contribution in [0.5, 0.6) is 0 Å². The Morgan fingerprint density at radius 2 is 1.79 bits per heavy atom. The van der Waals surface area contributed by atoms with Gasteiger partial charge in [0.2, 0.25) is 11.8 Å². The van der Waals surface area contributed by atoms with Gasteiger partial charge in [-0.05, 0) is 47.5 Å². The van der Waals surface area contributed by atoms with E-state index < -0.39 is 47.2 Å². The number of alkyl halides is 1. The van der Waals surface area contributed by atoms with E-state index in [1.54, 1.807) is 20.8 Å². The Morgan fingerprint density at radius 3 is 2.24 bits per heavy atom. The molecule has 3 unspecified atom stereocenters. The fourth-order valence-electron chi connectivity index (χ4n) is 2.93. The molecule has 1 fully saturated rings. The molecular formula is C19H32FN3O6. The minimum absolute atomic E-state index is 0.0441. The van der Waals surface area contributed by atoms with Crippen LogP contribution >= 0.6 is 0 Å². The molecule has 1 heterocycles. The molecule has 1 saturated heterocycles. The standard InChI is InChI=1S/C19H32FN3O6/c1-18(2,3)29-17(27)23-13(10-19(4,5)20)15(25)22-12(16(26)28-6)9-11-7-8-21-14(11)24/h11-13H,7-10H2,1-6H3,(H,21,24)(H,22,25)(H,23,27). The topological polar surface area (TPSA) is 123 Å². The third-order valence-corrected chi connectivity index (χ3v) is 4.18. The summed E-state index contributed by atoms with van der Waals surface area (Å²) in [5.74, 6) is -2.15. The van der Waals surface area contributed by atoms with Gasteiger partial charge in [0.15, 0.2) is 0 Å². The zero-order chi connectivity index (χ0) is 22.4. The number of nitrogens with one attached hydrogen (secondary N) is 3. The predicted molar refractivity (Wildman–Crippen MR) is 103 cm³/mol. The average Bonchev–Trinajstić information content (AvgIpc) is 2.94. The van der Waals surface area contributed by atoms with E-state index in [2.05, 4.69) is 16.0 Å². The third-order valence-electron chi connectivity index (χ3n) is 4.18. The van der Waals surface area contributed by atoms with Crippen molar-refractivity contribution in [2.24, 2.45) is 5.92 Å². The number of carbonyl (C=O) groups excluding carboxylic acids is 4. The van der Waals surface area contributed by atoms with Gasteiger partial charge in [0.1, 0.15) is 23.4 Å². The van der Waals surface area contributed by atoms with Crippen molar-refractivity contribution in [3.8, 4) is 0 Å². The highest BCUT2D eigenvalue weighted by Crippen LogP contribution is 2.19. The van der Waals surface area contributed by atoms with E-state index in [-0.39, 0.29) is 18.7 Å². The van der Waals surface area contributed by atoms with Crippen LogP contribution in [0.1, 0.15) is 53.9 Å². The van der Waals surface area contributed by atoms with Gasteiger partial charge in [0.05, 0.1) is 7.11 Å². The number of methoxy groups -OCH3 is 1. The van der Waals surface area contributed by atoms with Crippen molar-refractivity contribution in [2.75, 3.05) is 13.7 Å². The predicted octanol–water partition coefficient (Wildman–Crippen LogP) is 1.20. The number of rotatable bonds is 8. The van der Waals surface area contributed by atoms with Crippen LogP contribution in [0.2, 0.25) is 0 Å². The fourth-order valence-corrected chi connectivity index (χ4v) is 2.93. The smallest absolute Gasteiger partial charge is 0.408 e. The van der Waals surface area contributed by atoms with Crippen LogP contribution in [0.3, 0.4) is 0 Å². The molecule has 1 rings (SSSR count). The van der Waals surface area contributed by atoms with Crippen LogP contribution < -0.4 is 16.0 Å². The second kappa shape index (κ2) is 9.89. The Balaban J connectivity index is 2.91. The van der Waals surface area contributed by atoms with Crippen molar-refractivity contribution in [3.05, 3.63) is 0 Å². The minimum Gasteiger partial charge on any atom is -0.467 e. The molecule has 166 valence electrons. The number of alkyl carbamates (subject to hydrolysis) is 1. The first kappa shape index (κ1) is 24.6. The monoisotopic (exact) mass is 417 g/mol. The van der Waals surface area contributed by atoms with Gasteiger partial charge >= 0.3 is 12.1 Å². The molecule has 0 aromatic carbocycles. The van der Waals surface area contributed by atoms with E-state index in [1.807, 2.05) is 0 Å². The first-order valence-electron chi connectivity index (χ1n) is 9.56. The summed E-state index contributed by atoms with van der Waals surface area (Å²) in [6, 6.07) is -2.39. The summed E-state index contributed by atoms with van der Waals surface area (Å²) in [5.41, 5.74) is -2.58. The second-order valence-electron chi connectivity index (χ2n) is 8.72. The molecule has 3 amide bonds. The molecule has 9 nitrogen and oxygen atoms in total. The van der Waals surface area contributed by atoms with Gasteiger partial charge in [0, 0.05) is 18.9 Å². The molecule has 0 aromatic rings. The first-order valence-corrected chi connectivity index (χ1v) is 9.56. The van der Waals surface area contributed by atoms with Gasteiger partial charge in [0.25, 0.3) is 0 Å². The summed E-state index contributed by atoms with van der Waals surface area (Å²) in [4.78, 5) is 48.7. The quantitative estimate of drug-likeness (QED) is 0.510. The number of amides is 3. The van der Waals surface area contributed by atoms with Gasteiger partial charge in [-0.2, -0.15) is 0 Å². The molecule has 3 N–H and O–H groups in total. The molecule has 0 radical (unpaired) electrons. The maximum absolute atomic E-state index is 14.2. The molecule has 1 aliphatic rings. The number of ether oxygens (including phenoxy) is 2. The van der Waals surface area contributed by atoms with Crippen LogP contribution in [0, 0.1) is 5.92 Å². The van der Waals surface area contributed by atoms with Crippen LogP contribution in [0.15, 0.2) is 0 Å². The van der Waals surface area contributed by atoms with Crippen molar-refractivity contribution in [1.82, 2.24) is 16.0 Å². The molecule has 10 heteroatoms. The summed E-state index contributed by atoms with van der Waals surface area (Å²) in [7, 11) is 1.16. The lowest BCUT2D eigenvalue weighted by Gasteiger charge is -2.27. The van der Waals surface area contributed by atoms with Crippen LogP contribution in [-0.2, 0) is 23.9 Å². The molecule has 0 aromatic heterocycles. The van der Waals surface area contributed by atoms with Crippen molar-refractivity contribution < 1.29 is 33.0 Å². The Bertz CT molecular complexity index is 626. The number of halogens is 1. The van der Waals surface area contributed by atoms with Gasteiger partial charge in [-0.3, -0.25) is 9.59 Å². The maximum atomic E-state index is 14.2. The number of carbonyl (C=O) groups is 4. The van der Waals surface area contributed by atoms with E-state index in [9.17, 15) is 23.6 Å². The van der Waals surface area contributed by atoms with Crippen molar-refractivity contribution in [3.63, 3.8) is 0 Å². The zero-order valence-corrected chi connectivity index (χ0v) is 17.9. The summed E-state index contributed by atoms with van der Waals surface area (Å²) < 4.78 is 24.1. The van der Waals surface area contributed by atoms with Gasteiger partial charge in [-0.1, -0.05) is 0 Å². The number of hydrogen-bond acceptors (Lipinski definition) is 6. The second-order valence-corrected chi connectivity index (χ2v) is 8.72. The molecule has 0 bridgehead atoms. The molecule has 1 aliphatic heterocycles.